The van der Waals surface area contributed by atoms with E-state index in [9.17, 15) is 13.6 Å². The minimum atomic E-state index is -0.373. The molecule has 144 valence electrons. The van der Waals surface area contributed by atoms with Crippen LogP contribution < -0.4 is 10.1 Å². The molecule has 1 heterocycles. The molecular weight excluding hydrogens is 352 g/mol. The molecule has 0 aliphatic carbocycles. The number of nitrogens with one attached hydrogen (secondary N) is 1. The number of rotatable bonds is 4. The highest BCUT2D eigenvalue weighted by Crippen LogP contribution is 2.20. The Balaban J connectivity index is 1.52. The number of benzene rings is 2. The fourth-order valence-electron chi connectivity index (χ4n) is 3.14. The van der Waals surface area contributed by atoms with E-state index >= 15 is 0 Å². The van der Waals surface area contributed by atoms with Crippen molar-refractivity contribution in [2.24, 2.45) is 0 Å². The fraction of sp³-hybridized carbons (Fsp3) is 0.350. The Morgan fingerprint density at radius 3 is 2.48 bits per heavy atom. The lowest BCUT2D eigenvalue weighted by Gasteiger charge is -2.34. The number of halogens is 2. The van der Waals surface area contributed by atoms with Gasteiger partial charge in [-0.25, -0.2) is 13.6 Å². The van der Waals surface area contributed by atoms with Crippen molar-refractivity contribution in [3.8, 4) is 5.75 Å². The van der Waals surface area contributed by atoms with Gasteiger partial charge in [0.25, 0.3) is 0 Å². The van der Waals surface area contributed by atoms with Gasteiger partial charge in [0.2, 0.25) is 0 Å². The van der Waals surface area contributed by atoms with Crippen LogP contribution >= 0.6 is 0 Å². The van der Waals surface area contributed by atoms with E-state index in [0.29, 0.717) is 44.0 Å². The molecule has 0 saturated carbocycles. The van der Waals surface area contributed by atoms with E-state index < -0.39 is 0 Å². The number of urea groups is 1. The lowest BCUT2D eigenvalue weighted by molar-refractivity contribution is 0.143. The zero-order chi connectivity index (χ0) is 19.4. The van der Waals surface area contributed by atoms with Crippen molar-refractivity contribution in [2.75, 3.05) is 38.6 Å². The molecule has 3 rings (SSSR count). The maximum atomic E-state index is 13.8. The first-order valence-electron chi connectivity index (χ1n) is 8.83. The Hall–Kier alpha value is -2.67. The highest BCUT2D eigenvalue weighted by atomic mass is 19.1. The first-order chi connectivity index (χ1) is 13.0. The summed E-state index contributed by atoms with van der Waals surface area (Å²) in [5, 5.41) is 2.83. The number of amides is 2. The maximum absolute atomic E-state index is 13.8. The smallest absolute Gasteiger partial charge is 0.321 e. The lowest BCUT2D eigenvalue weighted by Crippen LogP contribution is -2.49. The third kappa shape index (κ3) is 4.74. The van der Waals surface area contributed by atoms with E-state index in [4.69, 9.17) is 4.74 Å². The molecule has 0 spiro atoms. The van der Waals surface area contributed by atoms with Gasteiger partial charge in [0.15, 0.2) is 11.6 Å². The van der Waals surface area contributed by atoms with Gasteiger partial charge < -0.3 is 15.0 Å². The minimum absolute atomic E-state index is 0.195. The van der Waals surface area contributed by atoms with Crippen LogP contribution in [-0.4, -0.2) is 49.1 Å². The van der Waals surface area contributed by atoms with E-state index in [1.54, 1.807) is 24.0 Å². The number of hydrogen-bond acceptors (Lipinski definition) is 3. The summed E-state index contributed by atoms with van der Waals surface area (Å²) in [6.45, 7) is 4.92. The lowest BCUT2D eigenvalue weighted by atomic mass is 10.2. The van der Waals surface area contributed by atoms with Crippen molar-refractivity contribution < 1.29 is 18.3 Å². The van der Waals surface area contributed by atoms with Crippen LogP contribution in [0.25, 0.3) is 0 Å². The fourth-order valence-corrected chi connectivity index (χ4v) is 3.14. The molecule has 5 nitrogen and oxygen atoms in total. The molecule has 0 aromatic heterocycles. The number of methoxy groups -OCH3 is 1. The second kappa shape index (κ2) is 8.35. The average molecular weight is 375 g/mol. The van der Waals surface area contributed by atoms with Gasteiger partial charge in [-0.1, -0.05) is 6.07 Å². The van der Waals surface area contributed by atoms with Gasteiger partial charge in [-0.2, -0.15) is 0 Å². The van der Waals surface area contributed by atoms with Gasteiger partial charge >= 0.3 is 6.03 Å². The van der Waals surface area contributed by atoms with Crippen LogP contribution in [0.15, 0.2) is 36.4 Å². The van der Waals surface area contributed by atoms with Gasteiger partial charge in [-0.05, 0) is 48.4 Å². The minimum Gasteiger partial charge on any atom is -0.494 e. The Kier molecular flexibility index (Phi) is 5.91. The summed E-state index contributed by atoms with van der Waals surface area (Å²) in [7, 11) is 1.44. The van der Waals surface area contributed by atoms with Crippen molar-refractivity contribution in [2.45, 2.75) is 13.5 Å². The zero-order valence-corrected chi connectivity index (χ0v) is 15.5. The molecule has 0 atom stereocenters. The molecule has 1 fully saturated rings. The van der Waals surface area contributed by atoms with Gasteiger partial charge in [-0.15, -0.1) is 0 Å². The summed E-state index contributed by atoms with van der Waals surface area (Å²) >= 11 is 0. The van der Waals surface area contributed by atoms with Crippen LogP contribution in [0.3, 0.4) is 0 Å². The van der Waals surface area contributed by atoms with Crippen LogP contribution in [0.5, 0.6) is 5.75 Å². The first kappa shape index (κ1) is 19.1. The summed E-state index contributed by atoms with van der Waals surface area (Å²) in [6, 6.07) is 9.04. The second-order valence-corrected chi connectivity index (χ2v) is 6.62. The van der Waals surface area contributed by atoms with E-state index in [2.05, 4.69) is 10.2 Å². The second-order valence-electron chi connectivity index (χ2n) is 6.62. The molecule has 7 heteroatoms. The van der Waals surface area contributed by atoms with Crippen LogP contribution in [0.1, 0.15) is 11.1 Å². The van der Waals surface area contributed by atoms with Gasteiger partial charge in [0.1, 0.15) is 5.82 Å². The number of anilines is 1. The van der Waals surface area contributed by atoms with Gasteiger partial charge in [-0.3, -0.25) is 4.90 Å². The van der Waals surface area contributed by atoms with Crippen LogP contribution in [0, 0.1) is 18.6 Å². The van der Waals surface area contributed by atoms with Crippen molar-refractivity contribution in [3.05, 3.63) is 59.2 Å². The standard InChI is InChI=1S/C20H23F2N3O2/c1-14-11-16(21)4-5-18(14)23-20(26)25-9-7-24(8-10-25)13-15-3-6-19(27-2)17(22)12-15/h3-6,11-12H,7-10,13H2,1-2H3,(H,23,26). The molecule has 1 saturated heterocycles. The number of ether oxygens (including phenoxy) is 1. The van der Waals surface area contributed by atoms with Crippen molar-refractivity contribution in [3.63, 3.8) is 0 Å². The summed E-state index contributed by atoms with van der Waals surface area (Å²) in [4.78, 5) is 16.3. The van der Waals surface area contributed by atoms with Crippen molar-refractivity contribution in [1.82, 2.24) is 9.80 Å². The summed E-state index contributed by atoms with van der Waals surface area (Å²) in [5.74, 6) is -0.465. The summed E-state index contributed by atoms with van der Waals surface area (Å²) < 4.78 is 31.9. The highest BCUT2D eigenvalue weighted by Gasteiger charge is 2.22. The average Bonchev–Trinajstić information content (AvgIpc) is 2.65. The quantitative estimate of drug-likeness (QED) is 0.888. The molecule has 0 radical (unpaired) electrons. The monoisotopic (exact) mass is 375 g/mol. The molecular formula is C20H23F2N3O2. The highest BCUT2D eigenvalue weighted by molar-refractivity contribution is 5.90. The normalized spacial score (nSPS) is 14.9. The van der Waals surface area contributed by atoms with Crippen molar-refractivity contribution in [1.29, 1.82) is 0 Å². The number of carbonyl (C=O) groups is 1. The van der Waals surface area contributed by atoms with E-state index in [1.807, 2.05) is 6.07 Å². The molecule has 1 aliphatic heterocycles. The molecule has 0 bridgehead atoms. The maximum Gasteiger partial charge on any atom is 0.321 e. The molecule has 27 heavy (non-hydrogen) atoms. The number of carbonyl (C=O) groups excluding carboxylic acids is 1. The molecule has 1 aliphatic rings. The predicted molar refractivity (Wildman–Crippen MR) is 100.0 cm³/mol. The van der Waals surface area contributed by atoms with Gasteiger partial charge in [0.05, 0.1) is 7.11 Å². The molecule has 2 amide bonds. The molecule has 2 aromatic carbocycles. The number of nitrogens with zero attached hydrogens (tertiary/aromatic N) is 2. The van der Waals surface area contributed by atoms with Crippen LogP contribution in [0.4, 0.5) is 19.3 Å². The Labute approximate surface area is 157 Å². The third-order valence-electron chi connectivity index (χ3n) is 4.71. The SMILES string of the molecule is COc1ccc(CN2CCN(C(=O)Nc3ccc(F)cc3C)CC2)cc1F. The molecule has 1 N–H and O–H groups in total. The Bertz CT molecular complexity index is 821. The largest absolute Gasteiger partial charge is 0.494 e. The summed E-state index contributed by atoms with van der Waals surface area (Å²) in [5.41, 5.74) is 2.16. The van der Waals surface area contributed by atoms with Crippen LogP contribution in [-0.2, 0) is 6.54 Å². The van der Waals surface area contributed by atoms with E-state index in [1.165, 1.54) is 25.3 Å². The van der Waals surface area contributed by atoms with Gasteiger partial charge in [0, 0.05) is 38.4 Å². The molecule has 0 unspecified atom stereocenters. The van der Waals surface area contributed by atoms with E-state index in [0.717, 1.165) is 5.56 Å². The van der Waals surface area contributed by atoms with Crippen LogP contribution in [0.2, 0.25) is 0 Å². The zero-order valence-electron chi connectivity index (χ0n) is 15.5. The summed E-state index contributed by atoms with van der Waals surface area (Å²) in [6.07, 6.45) is 0. The number of aryl methyl sites for hydroxylation is 1. The topological polar surface area (TPSA) is 44.8 Å². The first-order valence-corrected chi connectivity index (χ1v) is 8.83. The Morgan fingerprint density at radius 1 is 1.11 bits per heavy atom. The molecule has 2 aromatic rings. The Morgan fingerprint density at radius 2 is 1.85 bits per heavy atom. The van der Waals surface area contributed by atoms with E-state index in [-0.39, 0.29) is 23.4 Å². The van der Waals surface area contributed by atoms with Crippen molar-refractivity contribution >= 4 is 11.7 Å². The predicted octanol–water partition coefficient (Wildman–Crippen LogP) is 3.63. The number of piperazine rings is 1. The third-order valence-corrected chi connectivity index (χ3v) is 4.71. The number of hydrogen-bond donors (Lipinski definition) is 1.